The van der Waals surface area contributed by atoms with Crippen LogP contribution in [0.5, 0.6) is 0 Å². The second-order valence-corrected chi connectivity index (χ2v) is 6.22. The van der Waals surface area contributed by atoms with Crippen molar-refractivity contribution >= 4 is 16.9 Å². The van der Waals surface area contributed by atoms with Gasteiger partial charge in [-0.3, -0.25) is 18.8 Å². The summed E-state index contributed by atoms with van der Waals surface area (Å²) in [7, 11) is 1.72. The maximum absolute atomic E-state index is 12.3. The predicted molar refractivity (Wildman–Crippen MR) is 92.0 cm³/mol. The number of aromatic nitrogens is 2. The quantitative estimate of drug-likeness (QED) is 0.848. The molecular weight excluding hydrogens is 308 g/mol. The third kappa shape index (κ3) is 3.37. The first-order valence-electron chi connectivity index (χ1n) is 8.30. The predicted octanol–water partition coefficient (Wildman–Crippen LogP) is 0.177. The van der Waals surface area contributed by atoms with Crippen molar-refractivity contribution in [3.8, 4) is 0 Å². The van der Waals surface area contributed by atoms with Crippen LogP contribution in [0.3, 0.4) is 0 Å². The van der Waals surface area contributed by atoms with E-state index in [2.05, 4.69) is 17.1 Å². The lowest BCUT2D eigenvalue weighted by molar-refractivity contribution is -0.122. The molecule has 0 unspecified atom stereocenters. The van der Waals surface area contributed by atoms with Crippen LogP contribution in [0, 0.1) is 0 Å². The molecule has 0 radical (unpaired) electrons. The standard InChI is InChI=1S/C17H24N4O3/c1-13(20-7-9-24-10-8-20)11-18-16(22)12-21-15-6-4-3-5-14(15)19(2)17(21)23/h3-6,13H,7-12H2,1-2H3,(H,18,22)/t13-/m1/s1. The van der Waals surface area contributed by atoms with Crippen LogP contribution in [-0.2, 0) is 23.1 Å². The fraction of sp³-hybridized carbons (Fsp3) is 0.529. The minimum absolute atomic E-state index is 0.0377. The number of morpholine rings is 1. The van der Waals surface area contributed by atoms with Crippen molar-refractivity contribution in [2.45, 2.75) is 19.5 Å². The lowest BCUT2D eigenvalue weighted by atomic mass is 10.2. The van der Waals surface area contributed by atoms with Crippen molar-refractivity contribution in [1.82, 2.24) is 19.4 Å². The van der Waals surface area contributed by atoms with Crippen molar-refractivity contribution in [2.24, 2.45) is 7.05 Å². The maximum Gasteiger partial charge on any atom is 0.329 e. The summed E-state index contributed by atoms with van der Waals surface area (Å²) in [5.74, 6) is -0.145. The van der Waals surface area contributed by atoms with Gasteiger partial charge in [-0.15, -0.1) is 0 Å². The van der Waals surface area contributed by atoms with Gasteiger partial charge in [-0.1, -0.05) is 12.1 Å². The largest absolute Gasteiger partial charge is 0.379 e. The van der Waals surface area contributed by atoms with Gasteiger partial charge in [0, 0.05) is 32.7 Å². The van der Waals surface area contributed by atoms with Crippen LogP contribution in [0.15, 0.2) is 29.1 Å². The molecule has 7 heteroatoms. The average Bonchev–Trinajstić information content (AvgIpc) is 2.86. The fourth-order valence-corrected chi connectivity index (χ4v) is 3.12. The minimum Gasteiger partial charge on any atom is -0.379 e. The Hall–Kier alpha value is -2.12. The first-order valence-corrected chi connectivity index (χ1v) is 8.30. The van der Waals surface area contributed by atoms with Gasteiger partial charge < -0.3 is 10.1 Å². The lowest BCUT2D eigenvalue weighted by Crippen LogP contribution is -2.47. The number of carbonyl (C=O) groups is 1. The summed E-state index contributed by atoms with van der Waals surface area (Å²) < 4.78 is 8.43. The zero-order valence-electron chi connectivity index (χ0n) is 14.2. The molecule has 1 atom stereocenters. The van der Waals surface area contributed by atoms with E-state index in [0.717, 1.165) is 37.3 Å². The highest BCUT2D eigenvalue weighted by atomic mass is 16.5. The molecule has 2 heterocycles. The van der Waals surface area contributed by atoms with E-state index in [1.54, 1.807) is 11.6 Å². The van der Waals surface area contributed by atoms with Crippen LogP contribution >= 0.6 is 0 Å². The Labute approximate surface area is 140 Å². The van der Waals surface area contributed by atoms with Crippen LogP contribution in [0.2, 0.25) is 0 Å². The van der Waals surface area contributed by atoms with E-state index >= 15 is 0 Å². The topological polar surface area (TPSA) is 68.5 Å². The zero-order valence-corrected chi connectivity index (χ0v) is 14.2. The summed E-state index contributed by atoms with van der Waals surface area (Å²) in [6, 6.07) is 7.75. The number of nitrogens with one attached hydrogen (secondary N) is 1. The average molecular weight is 332 g/mol. The van der Waals surface area contributed by atoms with Gasteiger partial charge >= 0.3 is 5.69 Å². The van der Waals surface area contributed by atoms with Gasteiger partial charge in [0.05, 0.1) is 24.2 Å². The van der Waals surface area contributed by atoms with Gasteiger partial charge in [0.2, 0.25) is 5.91 Å². The van der Waals surface area contributed by atoms with Gasteiger partial charge in [0.15, 0.2) is 0 Å². The van der Waals surface area contributed by atoms with Crippen molar-refractivity contribution in [2.75, 3.05) is 32.8 Å². The maximum atomic E-state index is 12.3. The number of rotatable bonds is 5. The number of amides is 1. The molecule has 1 amide bonds. The number of benzene rings is 1. The molecule has 1 aromatic carbocycles. The van der Waals surface area contributed by atoms with Gasteiger partial charge in [0.25, 0.3) is 0 Å². The number of fused-ring (bicyclic) bond motifs is 1. The highest BCUT2D eigenvalue weighted by Gasteiger charge is 2.18. The van der Waals surface area contributed by atoms with E-state index in [9.17, 15) is 9.59 Å². The number of ether oxygens (including phenoxy) is 1. The van der Waals surface area contributed by atoms with Crippen LogP contribution in [0.25, 0.3) is 11.0 Å². The summed E-state index contributed by atoms with van der Waals surface area (Å²) in [6.07, 6.45) is 0. The second-order valence-electron chi connectivity index (χ2n) is 6.22. The van der Waals surface area contributed by atoms with Crippen molar-refractivity contribution in [3.63, 3.8) is 0 Å². The van der Waals surface area contributed by atoms with E-state index in [1.165, 1.54) is 4.57 Å². The van der Waals surface area contributed by atoms with Crippen molar-refractivity contribution in [3.05, 3.63) is 34.7 Å². The van der Waals surface area contributed by atoms with E-state index in [-0.39, 0.29) is 24.2 Å². The van der Waals surface area contributed by atoms with Gasteiger partial charge in [-0.25, -0.2) is 4.79 Å². The molecule has 0 spiro atoms. The molecule has 1 aliphatic rings. The number of hydrogen-bond donors (Lipinski definition) is 1. The highest BCUT2D eigenvalue weighted by molar-refractivity contribution is 5.80. The summed E-state index contributed by atoms with van der Waals surface area (Å²) in [5, 5.41) is 2.94. The summed E-state index contributed by atoms with van der Waals surface area (Å²) >= 11 is 0. The first-order chi connectivity index (χ1) is 11.6. The molecule has 24 heavy (non-hydrogen) atoms. The molecule has 0 saturated carbocycles. The summed E-state index contributed by atoms with van der Waals surface area (Å²) in [5.41, 5.74) is 1.44. The third-order valence-corrected chi connectivity index (χ3v) is 4.62. The molecule has 7 nitrogen and oxygen atoms in total. The molecule has 0 aliphatic carbocycles. The van der Waals surface area contributed by atoms with Crippen molar-refractivity contribution in [1.29, 1.82) is 0 Å². The Balaban J connectivity index is 1.63. The number of carbonyl (C=O) groups excluding carboxylic acids is 1. The minimum atomic E-state index is -0.174. The number of hydrogen-bond acceptors (Lipinski definition) is 4. The van der Waals surface area contributed by atoms with E-state index in [4.69, 9.17) is 4.74 Å². The number of aryl methyl sites for hydroxylation is 1. The fourth-order valence-electron chi connectivity index (χ4n) is 3.12. The first kappa shape index (κ1) is 16.7. The molecule has 2 aromatic rings. The molecule has 1 N–H and O–H groups in total. The Bertz CT molecular complexity index is 774. The Morgan fingerprint density at radius 3 is 2.62 bits per heavy atom. The Kier molecular flexibility index (Phi) is 5.01. The van der Waals surface area contributed by atoms with Gasteiger partial charge in [-0.2, -0.15) is 0 Å². The summed E-state index contributed by atoms with van der Waals surface area (Å²) in [6.45, 7) is 5.96. The molecule has 1 aliphatic heterocycles. The van der Waals surface area contributed by atoms with E-state index < -0.39 is 0 Å². The van der Waals surface area contributed by atoms with Crippen LogP contribution in [0.4, 0.5) is 0 Å². The second kappa shape index (κ2) is 7.19. The third-order valence-electron chi connectivity index (χ3n) is 4.62. The smallest absolute Gasteiger partial charge is 0.329 e. The van der Waals surface area contributed by atoms with Gasteiger partial charge in [0.1, 0.15) is 6.54 Å². The normalized spacial score (nSPS) is 17.1. The van der Waals surface area contributed by atoms with Crippen molar-refractivity contribution < 1.29 is 9.53 Å². The Morgan fingerprint density at radius 2 is 1.92 bits per heavy atom. The molecule has 1 fully saturated rings. The van der Waals surface area contributed by atoms with Crippen LogP contribution < -0.4 is 11.0 Å². The number of para-hydroxylation sites is 2. The molecule has 3 rings (SSSR count). The monoisotopic (exact) mass is 332 g/mol. The van der Waals surface area contributed by atoms with Gasteiger partial charge in [-0.05, 0) is 19.1 Å². The zero-order chi connectivity index (χ0) is 17.1. The summed E-state index contributed by atoms with van der Waals surface area (Å²) in [4.78, 5) is 26.9. The SMILES string of the molecule is C[C@H](CNC(=O)Cn1c(=O)n(C)c2ccccc21)N1CCOCC1. The molecular formula is C17H24N4O3. The van der Waals surface area contributed by atoms with E-state index in [1.807, 2.05) is 24.3 Å². The number of nitrogens with zero attached hydrogens (tertiary/aromatic N) is 3. The molecule has 1 aromatic heterocycles. The lowest BCUT2D eigenvalue weighted by Gasteiger charge is -2.32. The molecule has 130 valence electrons. The van der Waals surface area contributed by atoms with E-state index in [0.29, 0.717) is 6.54 Å². The Morgan fingerprint density at radius 1 is 1.25 bits per heavy atom. The van der Waals surface area contributed by atoms with Crippen LogP contribution in [0.1, 0.15) is 6.92 Å². The molecule has 1 saturated heterocycles. The highest BCUT2D eigenvalue weighted by Crippen LogP contribution is 2.11. The number of imidazole rings is 1. The van der Waals surface area contributed by atoms with Crippen LogP contribution in [-0.4, -0.2) is 58.8 Å². The molecule has 0 bridgehead atoms.